The lowest BCUT2D eigenvalue weighted by atomic mass is 10.2. The van der Waals surface area contributed by atoms with Gasteiger partial charge < -0.3 is 35.3 Å². The van der Waals surface area contributed by atoms with Crippen molar-refractivity contribution in [1.82, 2.24) is 34.1 Å². The molecule has 1 unspecified atom stereocenters. The van der Waals surface area contributed by atoms with E-state index >= 15 is 0 Å². The van der Waals surface area contributed by atoms with Gasteiger partial charge in [0.25, 0.3) is 5.56 Å². The number of nitrogens with one attached hydrogen (secondary N) is 1. The molecular formula is C22H28N9O12P. The molecule has 2 fully saturated rings. The number of nitrogen functional groups attached to an aromatic ring is 2. The number of H-pyrrole nitrogens is 1. The van der Waals surface area contributed by atoms with Gasteiger partial charge in [0.1, 0.15) is 49.8 Å². The molecular weight excluding hydrogens is 613 g/mol. The second-order valence-corrected chi connectivity index (χ2v) is 11.2. The van der Waals surface area contributed by atoms with Crippen molar-refractivity contribution in [1.29, 1.82) is 0 Å². The number of aromatic amines is 1. The van der Waals surface area contributed by atoms with Crippen LogP contribution in [0.25, 0.3) is 11.2 Å². The van der Waals surface area contributed by atoms with Gasteiger partial charge in [-0.2, -0.15) is 9.97 Å². The highest BCUT2D eigenvalue weighted by Crippen LogP contribution is 2.49. The molecule has 22 heteroatoms. The second-order valence-electron chi connectivity index (χ2n) is 9.77. The van der Waals surface area contributed by atoms with E-state index in [1.165, 1.54) is 17.8 Å². The van der Waals surface area contributed by atoms with Crippen LogP contribution in [0.3, 0.4) is 0 Å². The molecule has 3 aromatic heterocycles. The standard InChI is InChI=1S/C22H28N9O12P/c1-9(32)38-5-13-12(4-15(41-13)30-7-25-17-18(30)27-21(24)28-19(17)34)43-44(36,37)39-6-14-11(40-10(2)33)3-16(42-14)31-8-26-20(23)29-22(31)35/h7-8,11-16H,3-6H2,1-2H3,(H,36,37)(H2,23,29,35)(H3,24,27,28,34)/t11-,12-,13-,14-,15-,16-/m1/s1. The summed E-state index contributed by atoms with van der Waals surface area (Å²) in [6.07, 6.45) is -3.96. The SMILES string of the molecule is CC(=O)OC[C@H]1O[C@@H](n2cnc3c(=O)[nH]c(N)nc32)C[C@H]1OP(=O)(O)OC[C@H]1O[C@@H](n2cnc(N)nc2=O)C[C@H]1OC(C)=O. The number of nitrogens with zero attached hydrogens (tertiary/aromatic N) is 6. The molecule has 44 heavy (non-hydrogen) atoms. The minimum absolute atomic E-state index is 0.0233. The van der Waals surface area contributed by atoms with Gasteiger partial charge in [0.2, 0.25) is 11.9 Å². The first kappa shape index (κ1) is 31.2. The highest BCUT2D eigenvalue weighted by Gasteiger charge is 2.45. The summed E-state index contributed by atoms with van der Waals surface area (Å²) in [6.45, 7) is 1.38. The molecule has 2 aliphatic rings. The summed E-state index contributed by atoms with van der Waals surface area (Å²) >= 11 is 0. The topological polar surface area (TPSA) is 290 Å². The summed E-state index contributed by atoms with van der Waals surface area (Å²) < 4.78 is 48.1. The second kappa shape index (κ2) is 12.4. The lowest BCUT2D eigenvalue weighted by Crippen LogP contribution is -2.32. The van der Waals surface area contributed by atoms with Crippen LogP contribution in [0.4, 0.5) is 11.9 Å². The highest BCUT2D eigenvalue weighted by atomic mass is 31.2. The van der Waals surface area contributed by atoms with Crippen LogP contribution in [0, 0.1) is 0 Å². The van der Waals surface area contributed by atoms with Gasteiger partial charge in [-0.1, -0.05) is 0 Å². The number of hydrogen-bond acceptors (Lipinski definition) is 17. The number of ether oxygens (including phenoxy) is 4. The molecule has 0 bridgehead atoms. The minimum atomic E-state index is -4.88. The molecule has 6 N–H and O–H groups in total. The third-order valence-electron chi connectivity index (χ3n) is 6.62. The number of hydrogen-bond donors (Lipinski definition) is 4. The fourth-order valence-electron chi connectivity index (χ4n) is 4.77. The predicted molar refractivity (Wildman–Crippen MR) is 143 cm³/mol. The number of phosphoric acid groups is 1. The zero-order chi connectivity index (χ0) is 31.8. The first-order valence-corrected chi connectivity index (χ1v) is 14.5. The summed E-state index contributed by atoms with van der Waals surface area (Å²) in [5.74, 6) is -1.72. The van der Waals surface area contributed by atoms with Crippen LogP contribution in [-0.4, -0.2) is 88.5 Å². The average molecular weight is 641 g/mol. The van der Waals surface area contributed by atoms with Gasteiger partial charge >= 0.3 is 25.5 Å². The smallest absolute Gasteiger partial charge is 0.463 e. The molecule has 238 valence electrons. The molecule has 21 nitrogen and oxygen atoms in total. The molecule has 7 atom stereocenters. The molecule has 0 radical (unpaired) electrons. The van der Waals surface area contributed by atoms with E-state index in [0.717, 1.165) is 17.8 Å². The minimum Gasteiger partial charge on any atom is -0.463 e. The largest absolute Gasteiger partial charge is 0.472 e. The monoisotopic (exact) mass is 641 g/mol. The Bertz CT molecular complexity index is 1730. The molecule has 0 amide bonds. The first-order chi connectivity index (χ1) is 20.8. The Morgan fingerprint density at radius 3 is 2.36 bits per heavy atom. The third kappa shape index (κ3) is 6.93. The van der Waals surface area contributed by atoms with Crippen LogP contribution in [-0.2, 0) is 42.1 Å². The number of carbonyl (C=O) groups is 2. The zero-order valence-electron chi connectivity index (χ0n) is 23.2. The maximum Gasteiger partial charge on any atom is 0.472 e. The van der Waals surface area contributed by atoms with Crippen LogP contribution in [0.1, 0.15) is 39.1 Å². The Hall–Kier alpha value is -4.27. The van der Waals surface area contributed by atoms with E-state index in [0.29, 0.717) is 0 Å². The van der Waals surface area contributed by atoms with Crippen molar-refractivity contribution in [2.45, 2.75) is 63.6 Å². The molecule has 2 saturated heterocycles. The summed E-state index contributed by atoms with van der Waals surface area (Å²) in [4.78, 5) is 75.9. The number of nitrogens with two attached hydrogens (primary N) is 2. The first-order valence-electron chi connectivity index (χ1n) is 13.0. The van der Waals surface area contributed by atoms with Crippen molar-refractivity contribution in [2.24, 2.45) is 0 Å². The van der Waals surface area contributed by atoms with Crippen molar-refractivity contribution in [3.05, 3.63) is 33.5 Å². The molecule has 5 heterocycles. The molecule has 0 spiro atoms. The molecule has 0 aromatic carbocycles. The van der Waals surface area contributed by atoms with E-state index in [1.807, 2.05) is 0 Å². The number of anilines is 2. The lowest BCUT2D eigenvalue weighted by molar-refractivity contribution is -0.150. The van der Waals surface area contributed by atoms with E-state index < -0.39 is 74.5 Å². The molecule has 5 rings (SSSR count). The van der Waals surface area contributed by atoms with Crippen molar-refractivity contribution >= 4 is 42.8 Å². The fraction of sp³-hybridized carbons (Fsp3) is 0.545. The Balaban J connectivity index is 1.29. The van der Waals surface area contributed by atoms with Gasteiger partial charge in [-0.15, -0.1) is 0 Å². The average Bonchev–Trinajstić information content (AvgIpc) is 3.63. The van der Waals surface area contributed by atoms with E-state index in [1.54, 1.807) is 0 Å². The van der Waals surface area contributed by atoms with E-state index in [2.05, 4.69) is 24.9 Å². The highest BCUT2D eigenvalue weighted by molar-refractivity contribution is 7.47. The van der Waals surface area contributed by atoms with Crippen molar-refractivity contribution in [3.8, 4) is 0 Å². The van der Waals surface area contributed by atoms with Gasteiger partial charge in [0, 0.05) is 26.7 Å². The number of phosphoric ester groups is 1. The molecule has 0 saturated carbocycles. The third-order valence-corrected chi connectivity index (χ3v) is 7.63. The maximum atomic E-state index is 13.1. The number of imidazole rings is 1. The normalized spacial score (nSPS) is 26.4. The number of carbonyl (C=O) groups excluding carboxylic acids is 2. The number of aromatic nitrogens is 7. The summed E-state index contributed by atoms with van der Waals surface area (Å²) in [7, 11) is -4.88. The van der Waals surface area contributed by atoms with Crippen LogP contribution in [0.5, 0.6) is 0 Å². The Morgan fingerprint density at radius 1 is 1.02 bits per heavy atom. The van der Waals surface area contributed by atoms with E-state index in [-0.39, 0.29) is 42.5 Å². The van der Waals surface area contributed by atoms with Gasteiger partial charge in [-0.25, -0.2) is 19.3 Å². The Labute approximate surface area is 246 Å². The zero-order valence-corrected chi connectivity index (χ0v) is 24.1. The van der Waals surface area contributed by atoms with Crippen molar-refractivity contribution < 1.29 is 47.0 Å². The fourth-order valence-corrected chi connectivity index (χ4v) is 5.73. The van der Waals surface area contributed by atoms with E-state index in [9.17, 15) is 28.6 Å². The quantitative estimate of drug-likeness (QED) is 0.145. The summed E-state index contributed by atoms with van der Waals surface area (Å²) in [5.41, 5.74) is 9.79. The molecule has 2 aliphatic heterocycles. The van der Waals surface area contributed by atoms with Crippen molar-refractivity contribution in [2.75, 3.05) is 24.7 Å². The van der Waals surface area contributed by atoms with Gasteiger partial charge in [-0.05, 0) is 0 Å². The van der Waals surface area contributed by atoms with Gasteiger partial charge in [0.05, 0.1) is 12.9 Å². The summed E-state index contributed by atoms with van der Waals surface area (Å²) in [6, 6.07) is 0. The van der Waals surface area contributed by atoms with Crippen LogP contribution < -0.4 is 22.7 Å². The maximum absolute atomic E-state index is 13.1. The summed E-state index contributed by atoms with van der Waals surface area (Å²) in [5, 5.41) is 0. The Morgan fingerprint density at radius 2 is 1.68 bits per heavy atom. The van der Waals surface area contributed by atoms with E-state index in [4.69, 9.17) is 39.5 Å². The number of esters is 2. The van der Waals surface area contributed by atoms with Crippen LogP contribution in [0.15, 0.2) is 22.2 Å². The van der Waals surface area contributed by atoms with Crippen LogP contribution in [0.2, 0.25) is 0 Å². The lowest BCUT2D eigenvalue weighted by Gasteiger charge is -2.23. The van der Waals surface area contributed by atoms with Gasteiger partial charge in [-0.3, -0.25) is 37.5 Å². The van der Waals surface area contributed by atoms with Gasteiger partial charge in [0.15, 0.2) is 11.2 Å². The molecule has 3 aromatic rings. The number of rotatable bonds is 10. The van der Waals surface area contributed by atoms with Crippen molar-refractivity contribution in [3.63, 3.8) is 0 Å². The Kier molecular flexibility index (Phi) is 8.77. The molecule has 0 aliphatic carbocycles. The predicted octanol–water partition coefficient (Wildman–Crippen LogP) is -1.49. The van der Waals surface area contributed by atoms with Crippen LogP contribution >= 0.6 is 7.82 Å². The number of fused-ring (bicyclic) bond motifs is 1.